The van der Waals surface area contributed by atoms with Crippen LogP contribution in [0.1, 0.15) is 42.4 Å². The molecule has 0 unspecified atom stereocenters. The molecule has 18 heteroatoms. The zero-order valence-corrected chi connectivity index (χ0v) is 25.2. The summed E-state index contributed by atoms with van der Waals surface area (Å²) in [5.41, 5.74) is 1.17. The highest BCUT2D eigenvalue weighted by molar-refractivity contribution is 6.30. The predicted octanol–water partition coefficient (Wildman–Crippen LogP) is 5.04. The fourth-order valence-corrected chi connectivity index (χ4v) is 5.56. The molecule has 1 atom stereocenters. The SMILES string of the molecule is Fc1cc(Cl)ccc1Cc1ncc(F)c(OC2CCN(Cc3nc4cc(-c5noc(C(F)(F)F)n5)nnc4n3C[C@@H]3CCO3)CC2)n1. The van der Waals surface area contributed by atoms with Gasteiger partial charge in [0, 0.05) is 31.1 Å². The van der Waals surface area contributed by atoms with Gasteiger partial charge < -0.3 is 18.6 Å². The summed E-state index contributed by atoms with van der Waals surface area (Å²) < 4.78 is 85.5. The van der Waals surface area contributed by atoms with Gasteiger partial charge in [0.25, 0.3) is 5.88 Å². The molecular weight excluding hydrogens is 653 g/mol. The third-order valence-corrected chi connectivity index (χ3v) is 8.19. The Morgan fingerprint density at radius 3 is 2.51 bits per heavy atom. The van der Waals surface area contributed by atoms with Crippen molar-refractivity contribution in [3.63, 3.8) is 0 Å². The van der Waals surface area contributed by atoms with Crippen molar-refractivity contribution in [3.05, 3.63) is 70.2 Å². The summed E-state index contributed by atoms with van der Waals surface area (Å²) in [5, 5.41) is 11.9. The molecule has 246 valence electrons. The Morgan fingerprint density at radius 1 is 1.00 bits per heavy atom. The predicted molar refractivity (Wildman–Crippen MR) is 153 cm³/mol. The molecule has 2 fully saturated rings. The summed E-state index contributed by atoms with van der Waals surface area (Å²) in [4.78, 5) is 18.5. The summed E-state index contributed by atoms with van der Waals surface area (Å²) in [7, 11) is 0. The van der Waals surface area contributed by atoms with E-state index in [-0.39, 0.29) is 46.9 Å². The number of alkyl halides is 3. The zero-order chi connectivity index (χ0) is 32.7. The Morgan fingerprint density at radius 2 is 1.81 bits per heavy atom. The standard InChI is InChI=1S/C29H25ClF5N9O3/c30-16-2-1-15(19(31)10-16)9-23-36-12-20(32)27(38-23)46-17-3-6-43(7-4-17)14-24-37-22-11-21(25-39-28(47-42-25)29(33,34)35)40-41-26(22)44(24)13-18-5-8-45-18/h1-2,10-12,17-18H,3-9,13-14H2/t18-/m0/s1. The molecule has 6 heterocycles. The van der Waals surface area contributed by atoms with Gasteiger partial charge in [0.15, 0.2) is 5.65 Å². The molecule has 5 aromatic rings. The lowest BCUT2D eigenvalue weighted by Crippen LogP contribution is -2.39. The number of nitrogens with zero attached hydrogens (tertiary/aromatic N) is 9. The maximum absolute atomic E-state index is 14.6. The average molecular weight is 678 g/mol. The number of hydrogen-bond acceptors (Lipinski definition) is 11. The largest absolute Gasteiger partial charge is 0.472 e. The molecule has 0 amide bonds. The highest BCUT2D eigenvalue weighted by Gasteiger charge is 2.39. The van der Waals surface area contributed by atoms with E-state index in [4.69, 9.17) is 26.1 Å². The Labute approximate surface area is 267 Å². The second kappa shape index (κ2) is 12.7. The van der Waals surface area contributed by atoms with Crippen LogP contribution in [-0.2, 0) is 30.4 Å². The first-order chi connectivity index (χ1) is 22.6. The minimum absolute atomic E-state index is 0.00998. The Kier molecular flexibility index (Phi) is 8.44. The summed E-state index contributed by atoms with van der Waals surface area (Å²) in [6.07, 6.45) is -2.07. The van der Waals surface area contributed by atoms with Gasteiger partial charge in [-0.15, -0.1) is 10.2 Å². The van der Waals surface area contributed by atoms with Crippen molar-refractivity contribution < 1.29 is 35.9 Å². The fourth-order valence-electron chi connectivity index (χ4n) is 5.40. The Balaban J connectivity index is 1.03. The van der Waals surface area contributed by atoms with E-state index in [1.807, 2.05) is 4.57 Å². The summed E-state index contributed by atoms with van der Waals surface area (Å²) in [6, 6.07) is 5.75. The highest BCUT2D eigenvalue weighted by atomic mass is 35.5. The molecule has 2 aliphatic heterocycles. The normalized spacial score (nSPS) is 17.7. The van der Waals surface area contributed by atoms with Crippen LogP contribution in [0.5, 0.6) is 5.88 Å². The fraction of sp³-hybridized carbons (Fsp3) is 0.414. The first-order valence-corrected chi connectivity index (χ1v) is 15.1. The van der Waals surface area contributed by atoms with Crippen LogP contribution < -0.4 is 4.74 Å². The number of aromatic nitrogens is 8. The summed E-state index contributed by atoms with van der Waals surface area (Å²) >= 11 is 5.83. The second-order valence-corrected chi connectivity index (χ2v) is 11.7. The maximum Gasteiger partial charge on any atom is 0.471 e. The lowest BCUT2D eigenvalue weighted by molar-refractivity contribution is -0.159. The molecular formula is C29H25ClF5N9O3. The number of fused-ring (bicyclic) bond motifs is 1. The Hall–Kier alpha value is -4.35. The molecule has 1 aromatic carbocycles. The molecule has 0 spiro atoms. The smallest absolute Gasteiger partial charge is 0.471 e. The van der Waals surface area contributed by atoms with Crippen LogP contribution in [0.4, 0.5) is 22.0 Å². The van der Waals surface area contributed by atoms with Gasteiger partial charge in [-0.25, -0.2) is 14.4 Å². The van der Waals surface area contributed by atoms with Gasteiger partial charge in [0.1, 0.15) is 34.8 Å². The molecule has 0 saturated carbocycles. The van der Waals surface area contributed by atoms with Crippen LogP contribution >= 0.6 is 11.6 Å². The molecule has 2 saturated heterocycles. The molecule has 12 nitrogen and oxygen atoms in total. The van der Waals surface area contributed by atoms with E-state index in [9.17, 15) is 22.0 Å². The van der Waals surface area contributed by atoms with Gasteiger partial charge in [-0.2, -0.15) is 27.5 Å². The van der Waals surface area contributed by atoms with Crippen LogP contribution in [0.2, 0.25) is 5.02 Å². The van der Waals surface area contributed by atoms with Crippen LogP contribution in [0, 0.1) is 11.6 Å². The monoisotopic (exact) mass is 677 g/mol. The number of hydrogen-bond donors (Lipinski definition) is 0. The van der Waals surface area contributed by atoms with E-state index < -0.39 is 23.7 Å². The molecule has 2 aliphatic rings. The lowest BCUT2D eigenvalue weighted by Gasteiger charge is -2.32. The van der Waals surface area contributed by atoms with Gasteiger partial charge >= 0.3 is 12.1 Å². The van der Waals surface area contributed by atoms with Gasteiger partial charge in [-0.05, 0) is 43.0 Å². The number of piperidine rings is 1. The lowest BCUT2D eigenvalue weighted by atomic mass is 10.1. The minimum Gasteiger partial charge on any atom is -0.472 e. The Bertz CT molecular complexity index is 1910. The second-order valence-electron chi connectivity index (χ2n) is 11.2. The van der Waals surface area contributed by atoms with Crippen molar-refractivity contribution in [2.24, 2.45) is 0 Å². The third kappa shape index (κ3) is 6.87. The first-order valence-electron chi connectivity index (χ1n) is 14.7. The number of imidazole rings is 1. The van der Waals surface area contributed by atoms with Crippen LogP contribution in [0.3, 0.4) is 0 Å². The number of ether oxygens (including phenoxy) is 2. The molecule has 4 aromatic heterocycles. The van der Waals surface area contributed by atoms with Crippen LogP contribution in [0.15, 0.2) is 35.0 Å². The van der Waals surface area contributed by atoms with E-state index in [0.717, 1.165) is 12.6 Å². The molecule has 7 rings (SSSR count). The van der Waals surface area contributed by atoms with Crippen LogP contribution in [0.25, 0.3) is 22.7 Å². The third-order valence-electron chi connectivity index (χ3n) is 7.95. The summed E-state index contributed by atoms with van der Waals surface area (Å²) in [6.45, 7) is 2.77. The van der Waals surface area contributed by atoms with Gasteiger partial charge in [0.2, 0.25) is 11.6 Å². The van der Waals surface area contributed by atoms with Gasteiger partial charge in [0.05, 0.1) is 25.4 Å². The zero-order valence-electron chi connectivity index (χ0n) is 24.4. The van der Waals surface area contributed by atoms with E-state index in [2.05, 4.69) is 39.7 Å². The minimum atomic E-state index is -4.79. The molecule has 47 heavy (non-hydrogen) atoms. The van der Waals surface area contributed by atoms with E-state index in [1.165, 1.54) is 18.2 Å². The molecule has 0 radical (unpaired) electrons. The molecule has 0 aliphatic carbocycles. The van der Waals surface area contributed by atoms with E-state index >= 15 is 0 Å². The van der Waals surface area contributed by atoms with Crippen LogP contribution in [-0.4, -0.2) is 76.7 Å². The van der Waals surface area contributed by atoms with E-state index in [1.54, 1.807) is 6.07 Å². The van der Waals surface area contributed by atoms with Gasteiger partial charge in [-0.1, -0.05) is 22.8 Å². The molecule has 0 bridgehead atoms. The number of halogens is 6. The number of benzene rings is 1. The highest BCUT2D eigenvalue weighted by Crippen LogP contribution is 2.30. The van der Waals surface area contributed by atoms with Crippen molar-refractivity contribution >= 4 is 22.8 Å². The number of likely N-dealkylation sites (tertiary alicyclic amines) is 1. The van der Waals surface area contributed by atoms with Crippen molar-refractivity contribution in [3.8, 4) is 17.4 Å². The summed E-state index contributed by atoms with van der Waals surface area (Å²) in [5.74, 6) is -2.36. The quantitative estimate of drug-likeness (QED) is 0.195. The maximum atomic E-state index is 14.6. The van der Waals surface area contributed by atoms with Gasteiger partial charge in [-0.3, -0.25) is 4.90 Å². The van der Waals surface area contributed by atoms with Crippen molar-refractivity contribution in [1.82, 2.24) is 44.8 Å². The van der Waals surface area contributed by atoms with E-state index in [0.29, 0.717) is 68.2 Å². The first kappa shape index (κ1) is 31.3. The van der Waals surface area contributed by atoms with Crippen molar-refractivity contribution in [2.45, 2.75) is 57.2 Å². The average Bonchev–Trinajstić information content (AvgIpc) is 3.64. The topological polar surface area (TPSA) is 130 Å². The number of rotatable bonds is 9. The van der Waals surface area contributed by atoms with Crippen molar-refractivity contribution in [1.29, 1.82) is 0 Å². The van der Waals surface area contributed by atoms with Crippen molar-refractivity contribution in [2.75, 3.05) is 19.7 Å². The molecule has 0 N–H and O–H groups in total.